The number of aliphatic hydroxyl groups excluding tert-OH is 1. The molecule has 4 rings (SSSR count). The third kappa shape index (κ3) is 5.44. The number of carbonyl (C=O) groups excluding carboxylic acids is 1. The molecule has 1 fully saturated rings. The Balaban J connectivity index is 1.45. The molecule has 5 nitrogen and oxygen atoms in total. The first kappa shape index (κ1) is 23.0. The van der Waals surface area contributed by atoms with Gasteiger partial charge in [-0.3, -0.25) is 4.79 Å². The molecule has 1 atom stereocenters. The van der Waals surface area contributed by atoms with Crippen LogP contribution in [-0.2, 0) is 0 Å². The Kier molecular flexibility index (Phi) is 6.82. The maximum atomic E-state index is 13.2. The van der Waals surface area contributed by atoms with E-state index in [1.807, 2.05) is 71.6 Å². The molecule has 1 aliphatic heterocycles. The minimum absolute atomic E-state index is 0.0521. The van der Waals surface area contributed by atoms with Gasteiger partial charge in [0.25, 0.3) is 5.91 Å². The van der Waals surface area contributed by atoms with Gasteiger partial charge >= 0.3 is 0 Å². The number of aliphatic hydroxyl groups is 2. The zero-order chi connectivity index (χ0) is 23.4. The zero-order valence-electron chi connectivity index (χ0n) is 19.1. The van der Waals surface area contributed by atoms with Crippen LogP contribution in [0.1, 0.15) is 48.5 Å². The number of amides is 1. The highest BCUT2D eigenvalue weighted by molar-refractivity contribution is 5.94. The van der Waals surface area contributed by atoms with E-state index in [4.69, 9.17) is 4.74 Å². The second-order valence-electron chi connectivity index (χ2n) is 9.19. The Morgan fingerprint density at radius 1 is 0.970 bits per heavy atom. The maximum absolute atomic E-state index is 13.2. The van der Waals surface area contributed by atoms with Crippen molar-refractivity contribution in [2.45, 2.75) is 44.5 Å². The molecular formula is C28H31NO4. The number of benzene rings is 3. The second kappa shape index (κ2) is 9.77. The first-order valence-corrected chi connectivity index (χ1v) is 11.4. The molecule has 0 spiro atoms. The lowest BCUT2D eigenvalue weighted by molar-refractivity contribution is -0.154. The topological polar surface area (TPSA) is 70.0 Å². The van der Waals surface area contributed by atoms with Crippen molar-refractivity contribution >= 4 is 5.91 Å². The van der Waals surface area contributed by atoms with Gasteiger partial charge in [-0.05, 0) is 67.6 Å². The van der Waals surface area contributed by atoms with Crippen LogP contribution in [0.15, 0.2) is 78.9 Å². The minimum atomic E-state index is -1.59. The Morgan fingerprint density at radius 3 is 2.36 bits per heavy atom. The SMILES string of the molecule is CC(C)(Oc1cccc(C2CCCN(C(=O)c3ccc(-c4ccccc4)cc3)C2)c1)C(O)O. The number of piperidine rings is 1. The molecule has 0 saturated carbocycles. The molecule has 1 amide bonds. The van der Waals surface area contributed by atoms with Gasteiger partial charge in [0.05, 0.1) is 0 Å². The average Bonchev–Trinajstić information content (AvgIpc) is 2.84. The maximum Gasteiger partial charge on any atom is 0.253 e. The van der Waals surface area contributed by atoms with E-state index in [9.17, 15) is 15.0 Å². The van der Waals surface area contributed by atoms with Crippen LogP contribution in [-0.4, -0.2) is 46.0 Å². The summed E-state index contributed by atoms with van der Waals surface area (Å²) in [5, 5.41) is 19.1. The van der Waals surface area contributed by atoms with Crippen molar-refractivity contribution in [1.29, 1.82) is 0 Å². The lowest BCUT2D eigenvalue weighted by atomic mass is 9.90. The van der Waals surface area contributed by atoms with E-state index in [2.05, 4.69) is 12.1 Å². The summed E-state index contributed by atoms with van der Waals surface area (Å²) in [6, 6.07) is 25.7. The van der Waals surface area contributed by atoms with Crippen LogP contribution in [0.25, 0.3) is 11.1 Å². The first-order valence-electron chi connectivity index (χ1n) is 11.4. The molecule has 1 heterocycles. The summed E-state index contributed by atoms with van der Waals surface area (Å²) >= 11 is 0. The van der Waals surface area contributed by atoms with E-state index in [0.717, 1.165) is 36.1 Å². The van der Waals surface area contributed by atoms with Gasteiger partial charge in [-0.2, -0.15) is 0 Å². The summed E-state index contributed by atoms with van der Waals surface area (Å²) in [5.74, 6) is 0.846. The monoisotopic (exact) mass is 445 g/mol. The van der Waals surface area contributed by atoms with Gasteiger partial charge in [0.15, 0.2) is 11.9 Å². The summed E-state index contributed by atoms with van der Waals surface area (Å²) in [6.45, 7) is 4.66. The minimum Gasteiger partial charge on any atom is -0.483 e. The molecule has 0 aliphatic carbocycles. The molecule has 3 aromatic rings. The van der Waals surface area contributed by atoms with E-state index in [1.54, 1.807) is 13.8 Å². The molecule has 1 saturated heterocycles. The summed E-state index contributed by atoms with van der Waals surface area (Å²) in [4.78, 5) is 15.1. The van der Waals surface area contributed by atoms with E-state index in [0.29, 0.717) is 17.9 Å². The van der Waals surface area contributed by atoms with Gasteiger partial charge in [-0.1, -0.05) is 54.6 Å². The zero-order valence-corrected chi connectivity index (χ0v) is 19.1. The predicted molar refractivity (Wildman–Crippen MR) is 129 cm³/mol. The fraction of sp³-hybridized carbons (Fsp3) is 0.321. The molecule has 172 valence electrons. The summed E-state index contributed by atoms with van der Waals surface area (Å²) < 4.78 is 5.81. The Bertz CT molecular complexity index is 1080. The molecule has 33 heavy (non-hydrogen) atoms. The predicted octanol–water partition coefficient (Wildman–Crippen LogP) is 4.84. The van der Waals surface area contributed by atoms with Crippen molar-refractivity contribution in [3.8, 4) is 16.9 Å². The van der Waals surface area contributed by atoms with Gasteiger partial charge in [0.1, 0.15) is 5.75 Å². The highest BCUT2D eigenvalue weighted by Crippen LogP contribution is 2.31. The smallest absolute Gasteiger partial charge is 0.253 e. The summed E-state index contributed by atoms with van der Waals surface area (Å²) in [7, 11) is 0. The molecule has 5 heteroatoms. The molecule has 2 N–H and O–H groups in total. The number of carbonyl (C=O) groups is 1. The van der Waals surface area contributed by atoms with Crippen molar-refractivity contribution in [3.05, 3.63) is 90.0 Å². The van der Waals surface area contributed by atoms with Crippen LogP contribution in [0.5, 0.6) is 5.75 Å². The number of nitrogens with zero attached hydrogens (tertiary/aromatic N) is 1. The van der Waals surface area contributed by atoms with Crippen molar-refractivity contribution in [1.82, 2.24) is 4.90 Å². The molecule has 0 radical (unpaired) electrons. The largest absolute Gasteiger partial charge is 0.483 e. The Morgan fingerprint density at radius 2 is 1.67 bits per heavy atom. The van der Waals surface area contributed by atoms with Crippen molar-refractivity contribution in [2.75, 3.05) is 13.1 Å². The summed E-state index contributed by atoms with van der Waals surface area (Å²) in [6.07, 6.45) is 0.341. The lowest BCUT2D eigenvalue weighted by Crippen LogP contribution is -2.41. The Labute approximate surface area is 195 Å². The molecule has 1 unspecified atom stereocenters. The highest BCUT2D eigenvalue weighted by atomic mass is 16.6. The fourth-order valence-electron chi connectivity index (χ4n) is 4.24. The number of likely N-dealkylation sites (tertiary alicyclic amines) is 1. The second-order valence-corrected chi connectivity index (χ2v) is 9.19. The third-order valence-corrected chi connectivity index (χ3v) is 6.28. The quantitative estimate of drug-likeness (QED) is 0.533. The lowest BCUT2D eigenvalue weighted by Gasteiger charge is -2.34. The van der Waals surface area contributed by atoms with Gasteiger partial charge < -0.3 is 19.8 Å². The van der Waals surface area contributed by atoms with Crippen LogP contribution in [0.2, 0.25) is 0 Å². The van der Waals surface area contributed by atoms with Crippen molar-refractivity contribution < 1.29 is 19.7 Å². The standard InChI is InChI=1S/C28H31NO4/c1-28(2,27(31)32)33-25-12-6-10-23(18-25)24-11-7-17-29(19-24)26(30)22-15-13-21(14-16-22)20-8-4-3-5-9-20/h3-6,8-10,12-16,18,24,27,31-32H,7,11,17,19H2,1-2H3. The van der Waals surface area contributed by atoms with Gasteiger partial charge in [-0.15, -0.1) is 0 Å². The Hall–Kier alpha value is -3.15. The number of hydrogen-bond donors (Lipinski definition) is 2. The fourth-order valence-corrected chi connectivity index (χ4v) is 4.24. The van der Waals surface area contributed by atoms with Crippen molar-refractivity contribution in [3.63, 3.8) is 0 Å². The van der Waals surface area contributed by atoms with Crippen LogP contribution in [0, 0.1) is 0 Å². The van der Waals surface area contributed by atoms with E-state index < -0.39 is 11.9 Å². The van der Waals surface area contributed by atoms with E-state index in [-0.39, 0.29) is 11.8 Å². The van der Waals surface area contributed by atoms with E-state index in [1.165, 1.54) is 0 Å². The third-order valence-electron chi connectivity index (χ3n) is 6.28. The molecule has 3 aromatic carbocycles. The summed E-state index contributed by atoms with van der Waals surface area (Å²) in [5.41, 5.74) is 2.91. The molecule has 1 aliphatic rings. The molecule has 0 aromatic heterocycles. The first-order chi connectivity index (χ1) is 15.8. The van der Waals surface area contributed by atoms with E-state index >= 15 is 0 Å². The van der Waals surface area contributed by atoms with Gasteiger partial charge in [0, 0.05) is 24.6 Å². The van der Waals surface area contributed by atoms with Gasteiger partial charge in [-0.25, -0.2) is 0 Å². The highest BCUT2D eigenvalue weighted by Gasteiger charge is 2.29. The van der Waals surface area contributed by atoms with Crippen LogP contribution in [0.3, 0.4) is 0 Å². The van der Waals surface area contributed by atoms with Crippen LogP contribution < -0.4 is 4.74 Å². The molecular weight excluding hydrogens is 414 g/mol. The normalized spacial score (nSPS) is 16.6. The average molecular weight is 446 g/mol. The number of ether oxygens (including phenoxy) is 1. The van der Waals surface area contributed by atoms with Crippen LogP contribution >= 0.6 is 0 Å². The van der Waals surface area contributed by atoms with Crippen LogP contribution in [0.4, 0.5) is 0 Å². The van der Waals surface area contributed by atoms with Crippen molar-refractivity contribution in [2.24, 2.45) is 0 Å². The molecule has 0 bridgehead atoms. The number of rotatable bonds is 6. The number of hydrogen-bond acceptors (Lipinski definition) is 4. The van der Waals surface area contributed by atoms with Gasteiger partial charge in [0.2, 0.25) is 0 Å².